The van der Waals surface area contributed by atoms with Gasteiger partial charge in [0.15, 0.2) is 0 Å². The van der Waals surface area contributed by atoms with Crippen molar-refractivity contribution in [3.05, 3.63) is 75.9 Å². The Bertz CT molecular complexity index is 1220. The van der Waals surface area contributed by atoms with Gasteiger partial charge in [-0.05, 0) is 67.5 Å². The third kappa shape index (κ3) is 4.59. The molecule has 3 aromatic rings. The molecule has 5 rings (SSSR count). The lowest BCUT2D eigenvalue weighted by Gasteiger charge is -2.16. The summed E-state index contributed by atoms with van der Waals surface area (Å²) in [7, 11) is 0. The Balaban J connectivity index is 1.31. The van der Waals surface area contributed by atoms with Crippen LogP contribution in [-0.2, 0) is 24.2 Å². The van der Waals surface area contributed by atoms with Crippen molar-refractivity contribution in [1.82, 2.24) is 10.3 Å². The molecule has 2 aromatic heterocycles. The summed E-state index contributed by atoms with van der Waals surface area (Å²) in [5.74, 6) is -0.295. The van der Waals surface area contributed by atoms with Crippen LogP contribution in [0.4, 0.5) is 10.7 Å². The number of hydrogen-bond donors (Lipinski definition) is 2. The van der Waals surface area contributed by atoms with E-state index in [0.717, 1.165) is 55.5 Å². The monoisotopic (exact) mass is 474 g/mol. The third-order valence-corrected chi connectivity index (χ3v) is 7.53. The topological polar surface area (TPSA) is 91.4 Å². The number of amides is 3. The van der Waals surface area contributed by atoms with E-state index < -0.39 is 0 Å². The van der Waals surface area contributed by atoms with Crippen molar-refractivity contribution in [2.24, 2.45) is 0 Å². The van der Waals surface area contributed by atoms with Gasteiger partial charge >= 0.3 is 0 Å². The van der Waals surface area contributed by atoms with Gasteiger partial charge in [-0.2, -0.15) is 0 Å². The highest BCUT2D eigenvalue weighted by Crippen LogP contribution is 2.38. The number of thiophene rings is 1. The van der Waals surface area contributed by atoms with Crippen LogP contribution in [0.3, 0.4) is 0 Å². The average Bonchev–Trinajstić information content (AvgIpc) is 3.46. The highest BCUT2D eigenvalue weighted by atomic mass is 32.1. The molecule has 2 N–H and O–H groups in total. The number of hydrogen-bond acceptors (Lipinski definition) is 5. The molecule has 0 saturated carbocycles. The Morgan fingerprint density at radius 3 is 2.56 bits per heavy atom. The molecule has 3 amide bonds. The van der Waals surface area contributed by atoms with Gasteiger partial charge < -0.3 is 15.5 Å². The van der Waals surface area contributed by atoms with Crippen LogP contribution in [0.15, 0.2) is 48.8 Å². The molecular weight excluding hydrogens is 448 g/mol. The Hall–Kier alpha value is -3.52. The zero-order valence-corrected chi connectivity index (χ0v) is 19.6. The molecule has 1 aromatic carbocycles. The number of anilines is 2. The standard InChI is InChI=1S/C26H26N4O3S/c31-22-8-4-14-30(22)19-11-9-17(10-12-19)15-28-25(33)23-20-6-1-2-7-21(20)34-26(23)29-24(32)18-5-3-13-27-16-18/h3,5,9-13,16H,1-2,4,6-8,14-15H2,(H,28,33)(H,29,32). The fourth-order valence-corrected chi connectivity index (χ4v) is 5.83. The molecule has 1 saturated heterocycles. The van der Waals surface area contributed by atoms with Gasteiger partial charge in [-0.15, -0.1) is 11.3 Å². The number of nitrogens with one attached hydrogen (secondary N) is 2. The summed E-state index contributed by atoms with van der Waals surface area (Å²) in [6, 6.07) is 11.2. The number of aromatic nitrogens is 1. The summed E-state index contributed by atoms with van der Waals surface area (Å²) in [5, 5.41) is 6.57. The van der Waals surface area contributed by atoms with Crippen molar-refractivity contribution in [1.29, 1.82) is 0 Å². The zero-order chi connectivity index (χ0) is 23.5. The molecule has 1 fully saturated rings. The minimum absolute atomic E-state index is 0.157. The van der Waals surface area contributed by atoms with Crippen LogP contribution in [0, 0.1) is 0 Å². The van der Waals surface area contributed by atoms with Crippen LogP contribution in [0.1, 0.15) is 62.4 Å². The predicted molar refractivity (Wildman–Crippen MR) is 132 cm³/mol. The lowest BCUT2D eigenvalue weighted by molar-refractivity contribution is -0.117. The van der Waals surface area contributed by atoms with E-state index in [2.05, 4.69) is 15.6 Å². The zero-order valence-electron chi connectivity index (χ0n) is 18.8. The minimum atomic E-state index is -0.271. The van der Waals surface area contributed by atoms with Gasteiger partial charge in [-0.1, -0.05) is 12.1 Å². The van der Waals surface area contributed by atoms with Crippen LogP contribution in [0.5, 0.6) is 0 Å². The third-order valence-electron chi connectivity index (χ3n) is 6.32. The molecule has 2 aliphatic rings. The predicted octanol–water partition coefficient (Wildman–Crippen LogP) is 4.33. The van der Waals surface area contributed by atoms with Crippen molar-refractivity contribution in [2.75, 3.05) is 16.8 Å². The first-order valence-electron chi connectivity index (χ1n) is 11.6. The molecule has 7 nitrogen and oxygen atoms in total. The van der Waals surface area contributed by atoms with E-state index in [1.165, 1.54) is 22.4 Å². The SMILES string of the molecule is O=C(Nc1sc2c(c1C(=O)NCc1ccc(N3CCCC3=O)cc1)CCCC2)c1cccnc1. The van der Waals surface area contributed by atoms with Crippen LogP contribution in [-0.4, -0.2) is 29.3 Å². The number of fused-ring (bicyclic) bond motifs is 1. The largest absolute Gasteiger partial charge is 0.348 e. The van der Waals surface area contributed by atoms with Crippen LogP contribution in [0.25, 0.3) is 0 Å². The average molecular weight is 475 g/mol. The smallest absolute Gasteiger partial charge is 0.257 e. The van der Waals surface area contributed by atoms with Gasteiger partial charge in [0.2, 0.25) is 5.91 Å². The van der Waals surface area contributed by atoms with Crippen molar-refractivity contribution in [3.63, 3.8) is 0 Å². The number of carbonyl (C=O) groups excluding carboxylic acids is 3. The maximum absolute atomic E-state index is 13.3. The number of aryl methyl sites for hydroxylation is 1. The van der Waals surface area contributed by atoms with E-state index in [1.54, 1.807) is 23.2 Å². The summed E-state index contributed by atoms with van der Waals surface area (Å²) in [6.07, 6.45) is 8.53. The maximum Gasteiger partial charge on any atom is 0.257 e. The first kappa shape index (κ1) is 22.3. The fraction of sp³-hybridized carbons (Fsp3) is 0.308. The highest BCUT2D eigenvalue weighted by Gasteiger charge is 2.27. The molecular formula is C26H26N4O3S. The molecule has 8 heteroatoms. The molecule has 0 atom stereocenters. The quantitative estimate of drug-likeness (QED) is 0.556. The van der Waals surface area contributed by atoms with Gasteiger partial charge in [0.25, 0.3) is 11.8 Å². The van der Waals surface area contributed by atoms with Crippen molar-refractivity contribution in [3.8, 4) is 0 Å². The molecule has 0 unspecified atom stereocenters. The first-order valence-corrected chi connectivity index (χ1v) is 12.5. The molecule has 0 bridgehead atoms. The summed E-state index contributed by atoms with van der Waals surface area (Å²) >= 11 is 1.50. The van der Waals surface area contributed by atoms with Crippen LogP contribution in [0.2, 0.25) is 0 Å². The molecule has 1 aliphatic heterocycles. The van der Waals surface area contributed by atoms with Gasteiger partial charge in [-0.25, -0.2) is 0 Å². The summed E-state index contributed by atoms with van der Waals surface area (Å²) in [4.78, 5) is 45.0. The molecule has 174 valence electrons. The summed E-state index contributed by atoms with van der Waals surface area (Å²) in [5.41, 5.74) is 3.94. The molecule has 0 spiro atoms. The lowest BCUT2D eigenvalue weighted by atomic mass is 9.95. The fourth-order valence-electron chi connectivity index (χ4n) is 4.55. The number of carbonyl (C=O) groups is 3. The summed E-state index contributed by atoms with van der Waals surface area (Å²) in [6.45, 7) is 1.12. The van der Waals surface area contributed by atoms with Gasteiger partial charge in [0.05, 0.1) is 11.1 Å². The van der Waals surface area contributed by atoms with Gasteiger partial charge in [0.1, 0.15) is 5.00 Å². The van der Waals surface area contributed by atoms with Gasteiger partial charge in [0, 0.05) is 42.5 Å². The number of benzene rings is 1. The Labute approximate surface area is 202 Å². The van der Waals surface area contributed by atoms with Gasteiger partial charge in [-0.3, -0.25) is 19.4 Å². The number of nitrogens with zero attached hydrogens (tertiary/aromatic N) is 2. The van der Waals surface area contributed by atoms with Crippen molar-refractivity contribution in [2.45, 2.75) is 45.1 Å². The molecule has 0 radical (unpaired) electrons. The van der Waals surface area contributed by atoms with E-state index in [4.69, 9.17) is 0 Å². The second-order valence-electron chi connectivity index (χ2n) is 8.61. The van der Waals surface area contributed by atoms with E-state index in [1.807, 2.05) is 24.3 Å². The van der Waals surface area contributed by atoms with Crippen LogP contribution < -0.4 is 15.5 Å². The second-order valence-corrected chi connectivity index (χ2v) is 9.71. The number of rotatable bonds is 6. The molecule has 1 aliphatic carbocycles. The Morgan fingerprint density at radius 1 is 1.00 bits per heavy atom. The van der Waals surface area contributed by atoms with E-state index in [-0.39, 0.29) is 17.7 Å². The Kier molecular flexibility index (Phi) is 6.40. The first-order chi connectivity index (χ1) is 16.6. The Morgan fingerprint density at radius 2 is 1.82 bits per heavy atom. The summed E-state index contributed by atoms with van der Waals surface area (Å²) < 4.78 is 0. The number of pyridine rings is 1. The van der Waals surface area contributed by atoms with Crippen molar-refractivity contribution >= 4 is 39.7 Å². The molecule has 34 heavy (non-hydrogen) atoms. The molecule has 3 heterocycles. The maximum atomic E-state index is 13.3. The van der Waals surface area contributed by atoms with Crippen LogP contribution >= 0.6 is 11.3 Å². The second kappa shape index (κ2) is 9.77. The lowest BCUT2D eigenvalue weighted by Crippen LogP contribution is -2.26. The highest BCUT2D eigenvalue weighted by molar-refractivity contribution is 7.17. The van der Waals surface area contributed by atoms with E-state index in [9.17, 15) is 14.4 Å². The van der Waals surface area contributed by atoms with E-state index >= 15 is 0 Å². The minimum Gasteiger partial charge on any atom is -0.348 e. The normalized spacial score (nSPS) is 15.2. The van der Waals surface area contributed by atoms with E-state index in [0.29, 0.717) is 29.1 Å². The van der Waals surface area contributed by atoms with Crippen molar-refractivity contribution < 1.29 is 14.4 Å².